The van der Waals surface area contributed by atoms with E-state index in [-0.39, 0.29) is 56.2 Å². The Morgan fingerprint density at radius 2 is 1.61 bits per heavy atom. The Hall–Kier alpha value is -6.37. The van der Waals surface area contributed by atoms with Gasteiger partial charge in [0.1, 0.15) is 48.8 Å². The van der Waals surface area contributed by atoms with Gasteiger partial charge >= 0.3 is 5.97 Å². The summed E-state index contributed by atoms with van der Waals surface area (Å²) in [7, 11) is 1.66. The van der Waals surface area contributed by atoms with Gasteiger partial charge in [-0.15, -0.1) is 0 Å². The van der Waals surface area contributed by atoms with E-state index < -0.39 is 175 Å². The zero-order chi connectivity index (χ0) is 62.5. The summed E-state index contributed by atoms with van der Waals surface area (Å²) < 4.78 is 17.8. The minimum atomic E-state index is -1.91. The number of cyclic esters (lactones) is 1. The second-order valence-electron chi connectivity index (χ2n) is 23.5. The Morgan fingerprint density at radius 1 is 0.940 bits per heavy atom. The molecular weight excluding hydrogens is 1090 g/mol. The normalized spacial score (nSPS) is 33.8. The maximum Gasteiger partial charge on any atom is 0.331 e. The number of benzene rings is 1. The van der Waals surface area contributed by atoms with Crippen LogP contribution in [-0.4, -0.2) is 198 Å². The Labute approximate surface area is 490 Å². The Bertz CT molecular complexity index is 2510. The molecule has 5 rings (SSSR count). The van der Waals surface area contributed by atoms with Crippen LogP contribution >= 0.6 is 0 Å². The Morgan fingerprint density at radius 3 is 2.19 bits per heavy atom. The van der Waals surface area contributed by atoms with Gasteiger partial charge in [0.2, 0.25) is 41.4 Å². The molecule has 0 saturated carbocycles. The van der Waals surface area contributed by atoms with Crippen LogP contribution < -0.4 is 65.5 Å². The highest BCUT2D eigenvalue weighted by molar-refractivity contribution is 5.95. The molecule has 84 heavy (non-hydrogen) atoms. The van der Waals surface area contributed by atoms with E-state index in [1.165, 1.54) is 19.1 Å². The summed E-state index contributed by atoms with van der Waals surface area (Å²) in [6.45, 7) is 16.6. The molecule has 0 aromatic heterocycles. The van der Waals surface area contributed by atoms with Crippen molar-refractivity contribution in [1.82, 2.24) is 47.4 Å². The fraction of sp³-hybridized carbons (Fsp3) is 0.696. The molecule has 28 heteroatoms. The maximum absolute atomic E-state index is 15.2. The van der Waals surface area contributed by atoms with Gasteiger partial charge in [0, 0.05) is 25.4 Å². The molecule has 470 valence electrons. The molecule has 4 saturated heterocycles. The standard InChI is InChI=1S/C56H92N14O14/c1-11-28(6)40-50(78)64-35(30(8)72)23-61-24-39(73)63-34(22-38-46(58)82-38)48(76)65-36(25-71)54(81)83-44(31-16-13-12-14-17-31)42(68-47(75)33(57)20-26(2)3)51(79)67-41-43(74)29(7)21-32(27(4)5)56(9,69-52(41)80)45-53(84-45)70(10)37(49(77)66-40)18-15-19-62-55(59)60/h12-14,16-17,26,28-30,32-38,40-46,53,61,71-72,74H,4,11,15,18-25,57-58H2,1-3,5-10H3,(H,63,73)(H,64,78)(H,65,76)(H,66,77)(H,67,79)(H,68,75)(H,69,80)(H4,59,60,62)/t28-,29?,30-,32?,33-,34-,35+,36-,37+,38?,40-,41-,42-,43+,44+,45?,46?,53?,56+/m0/s1. The summed E-state index contributed by atoms with van der Waals surface area (Å²) in [6, 6.07) is -3.59. The number of amides is 7. The first-order chi connectivity index (χ1) is 39.5. The molecule has 0 spiro atoms. The maximum atomic E-state index is 15.2. The lowest BCUT2D eigenvalue weighted by Crippen LogP contribution is -2.67. The molecule has 28 nitrogen and oxygen atoms in total. The number of ether oxygens (including phenoxy) is 3. The molecule has 6 unspecified atom stereocenters. The van der Waals surface area contributed by atoms with Crippen LogP contribution in [-0.2, 0) is 52.6 Å². The van der Waals surface area contributed by atoms with Crippen LogP contribution in [0, 0.1) is 23.7 Å². The number of hydrogen-bond donors (Lipinski definition) is 15. The number of likely N-dealkylation sites (N-methyl/N-ethyl adjacent to an activating group) is 1. The first kappa shape index (κ1) is 68.4. The first-order valence-electron chi connectivity index (χ1n) is 28.8. The number of esters is 1. The fourth-order valence-corrected chi connectivity index (χ4v) is 10.8. The molecule has 19 N–H and O–H groups in total. The lowest BCUT2D eigenvalue weighted by molar-refractivity contribution is -0.159. The molecule has 4 heterocycles. The minimum Gasteiger partial charge on any atom is -0.453 e. The lowest BCUT2D eigenvalue weighted by Gasteiger charge is -2.45. The largest absolute Gasteiger partial charge is 0.453 e. The smallest absolute Gasteiger partial charge is 0.331 e. The zero-order valence-electron chi connectivity index (χ0n) is 49.7. The highest BCUT2D eigenvalue weighted by Gasteiger charge is 2.61. The van der Waals surface area contributed by atoms with Crippen LogP contribution in [0.15, 0.2) is 47.5 Å². The highest BCUT2D eigenvalue weighted by atomic mass is 16.6. The number of aliphatic hydroxyl groups is 3. The topological polar surface area (TPSA) is 447 Å². The minimum absolute atomic E-state index is 0.0917. The number of rotatable bonds is 16. The van der Waals surface area contributed by atoms with Gasteiger partial charge in [0.15, 0.2) is 18.1 Å². The summed E-state index contributed by atoms with van der Waals surface area (Å²) in [5.41, 5.74) is 22.9. The van der Waals surface area contributed by atoms with Gasteiger partial charge in [-0.25, -0.2) is 4.79 Å². The van der Waals surface area contributed by atoms with Gasteiger partial charge in [-0.1, -0.05) is 83.5 Å². The van der Waals surface area contributed by atoms with E-state index in [2.05, 4.69) is 54.1 Å². The Balaban J connectivity index is 1.64. The molecule has 1 aromatic rings. The van der Waals surface area contributed by atoms with E-state index >= 15 is 9.59 Å². The number of carbonyl (C=O) groups excluding carboxylic acids is 8. The van der Waals surface area contributed by atoms with Gasteiger partial charge in [-0.2, -0.15) is 0 Å². The summed E-state index contributed by atoms with van der Waals surface area (Å²) in [4.78, 5) is 121. The van der Waals surface area contributed by atoms with Gasteiger partial charge in [-0.3, -0.25) is 43.5 Å². The molecular formula is C56H92N14O14. The number of fused-ring (bicyclic) bond motifs is 5. The SMILES string of the molecule is C=C(C)C1CC(C)[C@@H](O)[C@@H]2NC(=O)[C@@H](NC(=O)[C@@H](N)CC(C)C)[C@@H](c3ccccc3)OC(=O)[C@H](CO)NC(=O)[C@H](CC3OC3N)NC(=O)CNC[C@H]([C@H](C)O)NC(=O)[C@H]([C@@H](C)CC)NC(=O)[C@@H](CCCN=C(N)N)N(C)C3OC3[C@]1(C)NC2=O. The van der Waals surface area contributed by atoms with E-state index in [1.54, 1.807) is 57.8 Å². The quantitative estimate of drug-likeness (QED) is 0.0188. The molecule has 4 aliphatic heterocycles. The molecule has 4 fully saturated rings. The highest BCUT2D eigenvalue weighted by Crippen LogP contribution is 2.45. The summed E-state index contributed by atoms with van der Waals surface area (Å²) in [6.07, 6.45) is -6.72. The molecule has 0 aliphatic carbocycles. The van der Waals surface area contributed by atoms with Gasteiger partial charge in [0.25, 0.3) is 0 Å². The molecule has 19 atom stereocenters. The third-order valence-corrected chi connectivity index (χ3v) is 16.2. The van der Waals surface area contributed by atoms with Crippen molar-refractivity contribution in [2.45, 2.75) is 191 Å². The van der Waals surface area contributed by atoms with Crippen LogP contribution in [0.5, 0.6) is 0 Å². The van der Waals surface area contributed by atoms with Crippen LogP contribution in [0.3, 0.4) is 0 Å². The van der Waals surface area contributed by atoms with Crippen LogP contribution in [0.1, 0.15) is 106 Å². The van der Waals surface area contributed by atoms with Crippen molar-refractivity contribution in [3.63, 3.8) is 0 Å². The van der Waals surface area contributed by atoms with E-state index in [1.807, 2.05) is 20.8 Å². The van der Waals surface area contributed by atoms with Gasteiger partial charge in [-0.05, 0) is 76.8 Å². The predicted octanol–water partition coefficient (Wildman–Crippen LogP) is -3.80. The van der Waals surface area contributed by atoms with Crippen molar-refractivity contribution in [1.29, 1.82) is 0 Å². The van der Waals surface area contributed by atoms with Gasteiger partial charge < -0.3 is 95.0 Å². The van der Waals surface area contributed by atoms with E-state index in [0.29, 0.717) is 18.4 Å². The second-order valence-corrected chi connectivity index (χ2v) is 23.5. The first-order valence-corrected chi connectivity index (χ1v) is 28.8. The summed E-state index contributed by atoms with van der Waals surface area (Å²) >= 11 is 0. The third kappa shape index (κ3) is 18.3. The molecule has 4 aliphatic rings. The summed E-state index contributed by atoms with van der Waals surface area (Å²) in [5, 5.41) is 55.6. The molecule has 1 aromatic carbocycles. The summed E-state index contributed by atoms with van der Waals surface area (Å²) in [5.74, 6) is -9.12. The number of carbonyl (C=O) groups is 8. The van der Waals surface area contributed by atoms with Crippen molar-refractivity contribution in [2.24, 2.45) is 51.6 Å². The molecule has 0 radical (unpaired) electrons. The molecule has 2 bridgehead atoms. The van der Waals surface area contributed by atoms with Crippen LogP contribution in [0.4, 0.5) is 0 Å². The number of nitrogens with one attached hydrogen (secondary N) is 8. The van der Waals surface area contributed by atoms with Crippen LogP contribution in [0.25, 0.3) is 0 Å². The lowest BCUT2D eigenvalue weighted by atomic mass is 9.71. The third-order valence-electron chi connectivity index (χ3n) is 16.2. The number of guanidine groups is 1. The fourth-order valence-electron chi connectivity index (χ4n) is 10.8. The number of aliphatic hydroxyl groups excluding tert-OH is 3. The monoisotopic (exact) mass is 1180 g/mol. The zero-order valence-corrected chi connectivity index (χ0v) is 49.7. The molecule has 7 amide bonds. The van der Waals surface area contributed by atoms with Crippen molar-refractivity contribution < 1.29 is 67.9 Å². The van der Waals surface area contributed by atoms with Crippen molar-refractivity contribution in [3.8, 4) is 0 Å². The van der Waals surface area contributed by atoms with E-state index in [9.17, 15) is 44.1 Å². The van der Waals surface area contributed by atoms with Crippen molar-refractivity contribution >= 4 is 53.3 Å². The number of hydrogen-bond acceptors (Lipinski definition) is 19. The van der Waals surface area contributed by atoms with Gasteiger partial charge in [0.05, 0.1) is 49.0 Å². The number of nitrogens with two attached hydrogens (primary N) is 4. The Kier molecular flexibility index (Phi) is 24.9. The second kappa shape index (κ2) is 30.6. The average molecular weight is 1190 g/mol. The van der Waals surface area contributed by atoms with Crippen molar-refractivity contribution in [2.75, 3.05) is 33.3 Å². The predicted molar refractivity (Wildman–Crippen MR) is 308 cm³/mol. The van der Waals surface area contributed by atoms with E-state index in [0.717, 1.165) is 0 Å². The van der Waals surface area contributed by atoms with Crippen molar-refractivity contribution in [3.05, 3.63) is 48.0 Å². The number of nitrogens with zero attached hydrogens (tertiary/aromatic N) is 2. The van der Waals surface area contributed by atoms with E-state index in [4.69, 9.17) is 37.1 Å². The van der Waals surface area contributed by atoms with Crippen LogP contribution in [0.2, 0.25) is 0 Å². The average Bonchev–Trinajstić information content (AvgIpc) is 1.77. The number of aliphatic imine (C=N–C) groups is 1. The number of epoxide rings is 2.